The fourth-order valence-corrected chi connectivity index (χ4v) is 4.48. The summed E-state index contributed by atoms with van der Waals surface area (Å²) in [5, 5.41) is 4.47. The molecule has 0 aliphatic carbocycles. The van der Waals surface area contributed by atoms with Gasteiger partial charge in [-0.3, -0.25) is 9.69 Å². The van der Waals surface area contributed by atoms with Crippen molar-refractivity contribution in [2.45, 2.75) is 25.4 Å². The van der Waals surface area contributed by atoms with Crippen molar-refractivity contribution in [1.82, 2.24) is 10.2 Å². The van der Waals surface area contributed by atoms with Crippen LogP contribution in [-0.2, 0) is 11.3 Å². The Labute approximate surface area is 194 Å². The van der Waals surface area contributed by atoms with Crippen LogP contribution < -0.4 is 5.32 Å². The smallest absolute Gasteiger partial charge is 0.223 e. The average molecular weight is 453 g/mol. The van der Waals surface area contributed by atoms with E-state index in [2.05, 4.69) is 34.5 Å². The van der Waals surface area contributed by atoms with Crippen LogP contribution in [0.3, 0.4) is 0 Å². The lowest BCUT2D eigenvalue weighted by molar-refractivity contribution is -0.127. The van der Waals surface area contributed by atoms with Crippen LogP contribution in [-0.4, -0.2) is 23.9 Å². The molecule has 1 aliphatic rings. The van der Waals surface area contributed by atoms with E-state index < -0.39 is 0 Å². The van der Waals surface area contributed by atoms with Crippen molar-refractivity contribution < 1.29 is 4.79 Å². The molecule has 3 aromatic carbocycles. The number of nitrogens with zero attached hydrogens (tertiary/aromatic N) is 1. The first-order valence-electron chi connectivity index (χ1n) is 10.7. The summed E-state index contributed by atoms with van der Waals surface area (Å²) in [4.78, 5) is 15.5. The van der Waals surface area contributed by atoms with Gasteiger partial charge in [0.25, 0.3) is 0 Å². The summed E-state index contributed by atoms with van der Waals surface area (Å²) in [5.41, 5.74) is 3.34. The molecule has 4 rings (SSSR count). The molecule has 0 radical (unpaired) electrons. The minimum Gasteiger partial charge on any atom is -0.345 e. The summed E-state index contributed by atoms with van der Waals surface area (Å²) in [6.07, 6.45) is 1.70. The first-order valence-corrected chi connectivity index (χ1v) is 11.4. The first-order chi connectivity index (χ1) is 15.1. The Hall–Kier alpha value is -2.33. The third-order valence-electron chi connectivity index (χ3n) is 5.90. The largest absolute Gasteiger partial charge is 0.345 e. The standard InChI is InChI=1S/C26H26Cl2N2O/c27-23-12-11-19(17-24(23)28)18-30-15-13-22(14-16-30)26(31)29-25(20-7-3-1-4-8-20)21-9-5-2-6-10-21/h1-12,17,22,25H,13-16,18H2,(H,29,31). The second kappa shape index (κ2) is 10.3. The molecule has 5 heteroatoms. The van der Waals surface area contributed by atoms with Crippen LogP contribution >= 0.6 is 23.2 Å². The summed E-state index contributed by atoms with van der Waals surface area (Å²) in [6.45, 7) is 2.60. The van der Waals surface area contributed by atoms with Crippen molar-refractivity contribution >= 4 is 29.1 Å². The Morgan fingerprint density at radius 2 is 1.45 bits per heavy atom. The van der Waals surface area contributed by atoms with Gasteiger partial charge in [0.2, 0.25) is 5.91 Å². The Morgan fingerprint density at radius 1 is 0.871 bits per heavy atom. The molecule has 0 spiro atoms. The molecule has 3 aromatic rings. The van der Waals surface area contributed by atoms with Gasteiger partial charge in [0.05, 0.1) is 16.1 Å². The summed E-state index contributed by atoms with van der Waals surface area (Å²) < 4.78 is 0. The molecule has 31 heavy (non-hydrogen) atoms. The Kier molecular flexibility index (Phi) is 7.29. The lowest BCUT2D eigenvalue weighted by Crippen LogP contribution is -2.41. The van der Waals surface area contributed by atoms with E-state index in [0.29, 0.717) is 10.0 Å². The minimum absolute atomic E-state index is 0.0278. The summed E-state index contributed by atoms with van der Waals surface area (Å²) >= 11 is 12.2. The molecule has 0 bridgehead atoms. The van der Waals surface area contributed by atoms with Crippen LogP contribution in [0, 0.1) is 5.92 Å². The van der Waals surface area contributed by atoms with E-state index in [0.717, 1.165) is 49.2 Å². The highest BCUT2D eigenvalue weighted by Gasteiger charge is 2.27. The van der Waals surface area contributed by atoms with Crippen molar-refractivity contribution in [3.8, 4) is 0 Å². The van der Waals surface area contributed by atoms with E-state index in [-0.39, 0.29) is 17.9 Å². The zero-order chi connectivity index (χ0) is 21.6. The fraction of sp³-hybridized carbons (Fsp3) is 0.269. The van der Waals surface area contributed by atoms with E-state index in [4.69, 9.17) is 23.2 Å². The molecule has 160 valence electrons. The number of hydrogen-bond acceptors (Lipinski definition) is 2. The number of rotatable bonds is 6. The molecule has 1 heterocycles. The number of halogens is 2. The normalized spacial score (nSPS) is 15.2. The molecule has 1 aliphatic heterocycles. The number of likely N-dealkylation sites (tertiary alicyclic amines) is 1. The third kappa shape index (κ3) is 5.68. The maximum atomic E-state index is 13.1. The van der Waals surface area contributed by atoms with Crippen LogP contribution in [0.2, 0.25) is 10.0 Å². The lowest BCUT2D eigenvalue weighted by atomic mass is 9.93. The Morgan fingerprint density at radius 3 is 2.00 bits per heavy atom. The number of benzene rings is 3. The minimum atomic E-state index is -0.135. The second-order valence-corrected chi connectivity index (χ2v) is 8.88. The Bertz CT molecular complexity index is 963. The van der Waals surface area contributed by atoms with Crippen molar-refractivity contribution in [3.63, 3.8) is 0 Å². The van der Waals surface area contributed by atoms with Gasteiger partial charge in [0.15, 0.2) is 0 Å². The summed E-state index contributed by atoms with van der Waals surface area (Å²) in [6, 6.07) is 26.0. The van der Waals surface area contributed by atoms with Gasteiger partial charge in [-0.2, -0.15) is 0 Å². The monoisotopic (exact) mass is 452 g/mol. The maximum absolute atomic E-state index is 13.1. The van der Waals surface area contributed by atoms with Crippen LogP contribution in [0.1, 0.15) is 35.6 Å². The number of carbonyl (C=O) groups is 1. The second-order valence-electron chi connectivity index (χ2n) is 8.06. The van der Waals surface area contributed by atoms with Gasteiger partial charge in [0.1, 0.15) is 0 Å². The van der Waals surface area contributed by atoms with Gasteiger partial charge < -0.3 is 5.32 Å². The number of nitrogens with one attached hydrogen (secondary N) is 1. The van der Waals surface area contributed by atoms with Crippen LogP contribution in [0.5, 0.6) is 0 Å². The molecule has 0 aromatic heterocycles. The van der Waals surface area contributed by atoms with Crippen LogP contribution in [0.4, 0.5) is 0 Å². The first kappa shape index (κ1) is 21.9. The predicted octanol–water partition coefficient (Wildman–Crippen LogP) is 6.11. The zero-order valence-corrected chi connectivity index (χ0v) is 18.8. The van der Waals surface area contributed by atoms with Gasteiger partial charge in [0, 0.05) is 12.5 Å². The number of hydrogen-bond donors (Lipinski definition) is 1. The molecule has 1 fully saturated rings. The molecule has 0 atom stereocenters. The SMILES string of the molecule is O=C(NC(c1ccccc1)c1ccccc1)C1CCN(Cc2ccc(Cl)c(Cl)c2)CC1. The highest BCUT2D eigenvalue weighted by Crippen LogP contribution is 2.27. The molecular weight excluding hydrogens is 427 g/mol. The molecule has 1 amide bonds. The molecule has 1 N–H and O–H groups in total. The molecule has 0 saturated carbocycles. The van der Waals surface area contributed by atoms with Crippen molar-refractivity contribution in [1.29, 1.82) is 0 Å². The molecular formula is C26H26Cl2N2O. The zero-order valence-electron chi connectivity index (χ0n) is 17.3. The fourth-order valence-electron chi connectivity index (χ4n) is 4.16. The van der Waals surface area contributed by atoms with Gasteiger partial charge in [-0.1, -0.05) is 89.9 Å². The number of carbonyl (C=O) groups excluding carboxylic acids is 1. The number of amides is 1. The van der Waals surface area contributed by atoms with Crippen LogP contribution in [0.25, 0.3) is 0 Å². The maximum Gasteiger partial charge on any atom is 0.223 e. The molecule has 1 saturated heterocycles. The molecule has 3 nitrogen and oxygen atoms in total. The van der Waals surface area contributed by atoms with E-state index in [1.807, 2.05) is 54.6 Å². The lowest BCUT2D eigenvalue weighted by Gasteiger charge is -2.32. The van der Waals surface area contributed by atoms with Crippen molar-refractivity contribution in [3.05, 3.63) is 106 Å². The third-order valence-corrected chi connectivity index (χ3v) is 6.64. The average Bonchev–Trinajstić information content (AvgIpc) is 2.81. The van der Waals surface area contributed by atoms with E-state index in [9.17, 15) is 4.79 Å². The van der Waals surface area contributed by atoms with Gasteiger partial charge in [-0.15, -0.1) is 0 Å². The summed E-state index contributed by atoms with van der Waals surface area (Å²) in [7, 11) is 0. The van der Waals surface area contributed by atoms with Gasteiger partial charge in [-0.05, 0) is 54.8 Å². The quantitative estimate of drug-likeness (QED) is 0.488. The van der Waals surface area contributed by atoms with Crippen LogP contribution in [0.15, 0.2) is 78.9 Å². The van der Waals surface area contributed by atoms with Gasteiger partial charge in [-0.25, -0.2) is 0 Å². The predicted molar refractivity (Wildman–Crippen MR) is 127 cm³/mol. The van der Waals surface area contributed by atoms with Crippen molar-refractivity contribution in [2.75, 3.05) is 13.1 Å². The number of piperidine rings is 1. The van der Waals surface area contributed by atoms with Gasteiger partial charge >= 0.3 is 0 Å². The van der Waals surface area contributed by atoms with E-state index in [1.54, 1.807) is 0 Å². The topological polar surface area (TPSA) is 32.3 Å². The summed E-state index contributed by atoms with van der Waals surface area (Å²) in [5.74, 6) is 0.159. The Balaban J connectivity index is 1.37. The highest BCUT2D eigenvalue weighted by atomic mass is 35.5. The van der Waals surface area contributed by atoms with E-state index >= 15 is 0 Å². The highest BCUT2D eigenvalue weighted by molar-refractivity contribution is 6.42. The van der Waals surface area contributed by atoms with E-state index in [1.165, 1.54) is 0 Å². The van der Waals surface area contributed by atoms with Crippen molar-refractivity contribution in [2.24, 2.45) is 5.92 Å². The molecule has 0 unspecified atom stereocenters.